The van der Waals surface area contributed by atoms with Crippen LogP contribution in [0.1, 0.15) is 48.5 Å². The summed E-state index contributed by atoms with van der Waals surface area (Å²) in [5, 5.41) is 3.33. The third-order valence-electron chi connectivity index (χ3n) is 6.23. The van der Waals surface area contributed by atoms with Gasteiger partial charge in [-0.2, -0.15) is 0 Å². The van der Waals surface area contributed by atoms with Crippen LogP contribution in [0, 0.1) is 0 Å². The van der Waals surface area contributed by atoms with Gasteiger partial charge in [-0.25, -0.2) is 4.79 Å². The highest BCUT2D eigenvalue weighted by molar-refractivity contribution is 6.04. The molecule has 2 atom stereocenters. The van der Waals surface area contributed by atoms with Gasteiger partial charge in [-0.1, -0.05) is 12.1 Å². The maximum atomic E-state index is 13.4. The molecule has 1 aromatic heterocycles. The number of dihydropyridines is 1. The molecule has 1 aromatic carbocycles. The average Bonchev–Trinajstić information content (AvgIpc) is 3.43. The number of ether oxygens (including phenoxy) is 2. The predicted octanol–water partition coefficient (Wildman–Crippen LogP) is 3.75. The van der Waals surface area contributed by atoms with Crippen LogP contribution >= 0.6 is 0 Å². The van der Waals surface area contributed by atoms with Crippen molar-refractivity contribution in [2.24, 2.45) is 0 Å². The quantitative estimate of drug-likeness (QED) is 0.784. The summed E-state index contributed by atoms with van der Waals surface area (Å²) < 4.78 is 16.3. The number of fused-ring (bicyclic) bond motifs is 1. The van der Waals surface area contributed by atoms with Crippen molar-refractivity contribution < 1.29 is 23.5 Å². The van der Waals surface area contributed by atoms with Gasteiger partial charge in [0.2, 0.25) is 0 Å². The number of nitrogens with one attached hydrogen (secondary N) is 1. The Hall–Kier alpha value is -3.28. The van der Waals surface area contributed by atoms with Crippen LogP contribution in [0.2, 0.25) is 0 Å². The van der Waals surface area contributed by atoms with E-state index in [1.165, 1.54) is 7.11 Å². The zero-order valence-electron chi connectivity index (χ0n) is 17.0. The summed E-state index contributed by atoms with van der Waals surface area (Å²) in [5.41, 5.74) is 4.74. The molecule has 6 nitrogen and oxygen atoms in total. The van der Waals surface area contributed by atoms with Gasteiger partial charge in [-0.15, -0.1) is 0 Å². The number of benzene rings is 1. The summed E-state index contributed by atoms with van der Waals surface area (Å²) in [6, 6.07) is 9.70. The topological polar surface area (TPSA) is 77.8 Å². The van der Waals surface area contributed by atoms with Crippen molar-refractivity contribution in [3.05, 3.63) is 76.0 Å². The van der Waals surface area contributed by atoms with Gasteiger partial charge in [-0.05, 0) is 42.7 Å². The van der Waals surface area contributed by atoms with Gasteiger partial charge in [-0.3, -0.25) is 4.79 Å². The summed E-state index contributed by atoms with van der Waals surface area (Å²) >= 11 is 0. The first-order chi connectivity index (χ1) is 14.6. The van der Waals surface area contributed by atoms with Gasteiger partial charge < -0.3 is 19.2 Å². The molecule has 3 heterocycles. The van der Waals surface area contributed by atoms with Crippen LogP contribution in [-0.4, -0.2) is 25.5 Å². The first-order valence-corrected chi connectivity index (χ1v) is 10.2. The fraction of sp³-hybridized carbons (Fsp3) is 0.333. The molecular weight excluding hydrogens is 382 g/mol. The molecular formula is C24H23NO5. The van der Waals surface area contributed by atoms with Crippen molar-refractivity contribution >= 4 is 11.8 Å². The summed E-state index contributed by atoms with van der Waals surface area (Å²) in [6.07, 6.45) is 3.47. The molecule has 0 fully saturated rings. The molecule has 3 aliphatic rings. The van der Waals surface area contributed by atoms with Gasteiger partial charge in [0.1, 0.15) is 11.5 Å². The predicted molar refractivity (Wildman–Crippen MR) is 109 cm³/mol. The normalized spacial score (nSPS) is 22.9. The van der Waals surface area contributed by atoms with E-state index < -0.39 is 11.9 Å². The van der Waals surface area contributed by atoms with Gasteiger partial charge in [0.25, 0.3) is 0 Å². The number of carbonyl (C=O) groups is 2. The Morgan fingerprint density at radius 3 is 2.87 bits per heavy atom. The molecule has 0 spiro atoms. The van der Waals surface area contributed by atoms with E-state index in [0.29, 0.717) is 30.6 Å². The summed E-state index contributed by atoms with van der Waals surface area (Å²) in [5.74, 6) is 0.818. The number of methoxy groups -OCH3 is 1. The second-order valence-corrected chi connectivity index (χ2v) is 7.99. The number of carbonyl (C=O) groups excluding carboxylic acids is 2. The molecule has 30 heavy (non-hydrogen) atoms. The SMILES string of the molecule is COC(=O)C1=C(C)NC2=C(C(=O)C[C@@H](c3ccco3)C2)[C@H]1c1ccc2c(c1)CCO2. The third kappa shape index (κ3) is 2.95. The highest BCUT2D eigenvalue weighted by Crippen LogP contribution is 2.46. The molecule has 0 radical (unpaired) electrons. The first-order valence-electron chi connectivity index (χ1n) is 10.2. The van der Waals surface area contributed by atoms with Crippen LogP contribution in [0.3, 0.4) is 0 Å². The van der Waals surface area contributed by atoms with Crippen LogP contribution in [0.25, 0.3) is 0 Å². The zero-order chi connectivity index (χ0) is 20.8. The second-order valence-electron chi connectivity index (χ2n) is 7.99. The first kappa shape index (κ1) is 18.7. The molecule has 0 bridgehead atoms. The van der Waals surface area contributed by atoms with Crippen LogP contribution in [0.4, 0.5) is 0 Å². The Bertz CT molecular complexity index is 1090. The Morgan fingerprint density at radius 1 is 1.23 bits per heavy atom. The molecule has 2 aromatic rings. The molecule has 1 aliphatic carbocycles. The highest BCUT2D eigenvalue weighted by atomic mass is 16.5. The number of hydrogen-bond donors (Lipinski definition) is 1. The van der Waals surface area contributed by atoms with Gasteiger partial charge in [0.05, 0.1) is 25.6 Å². The molecule has 1 N–H and O–H groups in total. The number of allylic oxidation sites excluding steroid dienone is 3. The minimum absolute atomic E-state index is 0.0136. The summed E-state index contributed by atoms with van der Waals surface area (Å²) in [4.78, 5) is 26.1. The van der Waals surface area contributed by atoms with Crippen molar-refractivity contribution in [3.8, 4) is 5.75 Å². The van der Waals surface area contributed by atoms with Gasteiger partial charge in [0.15, 0.2) is 5.78 Å². The molecule has 0 amide bonds. The second kappa shape index (κ2) is 7.20. The average molecular weight is 405 g/mol. The van der Waals surface area contributed by atoms with Crippen molar-refractivity contribution in [2.45, 2.75) is 38.0 Å². The molecule has 0 saturated heterocycles. The minimum atomic E-state index is -0.454. The lowest BCUT2D eigenvalue weighted by atomic mass is 9.72. The van der Waals surface area contributed by atoms with E-state index in [0.717, 1.165) is 40.5 Å². The monoisotopic (exact) mass is 405 g/mol. The van der Waals surface area contributed by atoms with E-state index in [2.05, 4.69) is 11.4 Å². The van der Waals surface area contributed by atoms with Crippen molar-refractivity contribution in [1.82, 2.24) is 5.32 Å². The largest absolute Gasteiger partial charge is 0.493 e. The Kier molecular flexibility index (Phi) is 4.50. The standard InChI is InChI=1S/C24H23NO5/c1-13-21(24(27)28-2)22(15-5-6-20-14(10-15)7-9-30-20)23-17(25-13)11-16(12-18(23)26)19-4-3-8-29-19/h3-6,8,10,16,22,25H,7,9,11-12H2,1-2H3/t16-,22-/m0/s1. The smallest absolute Gasteiger partial charge is 0.336 e. The third-order valence-corrected chi connectivity index (χ3v) is 6.23. The number of rotatable bonds is 3. The van der Waals surface area contributed by atoms with E-state index in [-0.39, 0.29) is 11.7 Å². The van der Waals surface area contributed by atoms with E-state index in [1.807, 2.05) is 31.2 Å². The molecule has 5 rings (SSSR count). The number of Topliss-reactive ketones (excluding diaryl/α,β-unsaturated/α-hetero) is 1. The van der Waals surface area contributed by atoms with Crippen molar-refractivity contribution in [2.75, 3.05) is 13.7 Å². The van der Waals surface area contributed by atoms with E-state index >= 15 is 0 Å². The lowest BCUT2D eigenvalue weighted by molar-refractivity contribution is -0.136. The number of esters is 1. The fourth-order valence-electron chi connectivity index (χ4n) is 4.86. The van der Waals surface area contributed by atoms with Gasteiger partial charge in [0, 0.05) is 41.6 Å². The van der Waals surface area contributed by atoms with Crippen molar-refractivity contribution in [3.63, 3.8) is 0 Å². The molecule has 154 valence electrons. The molecule has 0 unspecified atom stereocenters. The summed E-state index contributed by atoms with van der Waals surface area (Å²) in [6.45, 7) is 2.52. The van der Waals surface area contributed by atoms with Crippen LogP contribution in [0.5, 0.6) is 5.75 Å². The fourth-order valence-corrected chi connectivity index (χ4v) is 4.86. The number of furan rings is 1. The van der Waals surface area contributed by atoms with E-state index in [4.69, 9.17) is 13.9 Å². The highest BCUT2D eigenvalue weighted by Gasteiger charge is 2.42. The van der Waals surface area contributed by atoms with E-state index in [9.17, 15) is 9.59 Å². The Labute approximate surface area is 174 Å². The maximum Gasteiger partial charge on any atom is 0.336 e. The maximum absolute atomic E-state index is 13.4. The molecule has 6 heteroatoms. The zero-order valence-corrected chi connectivity index (χ0v) is 17.0. The molecule has 0 saturated carbocycles. The number of hydrogen-bond acceptors (Lipinski definition) is 6. The van der Waals surface area contributed by atoms with Crippen LogP contribution in [-0.2, 0) is 20.7 Å². The van der Waals surface area contributed by atoms with E-state index in [1.54, 1.807) is 6.26 Å². The minimum Gasteiger partial charge on any atom is -0.493 e. The molecule has 2 aliphatic heterocycles. The Balaban J connectivity index is 1.62. The lowest BCUT2D eigenvalue weighted by Gasteiger charge is -2.36. The summed E-state index contributed by atoms with van der Waals surface area (Å²) in [7, 11) is 1.37. The Morgan fingerprint density at radius 2 is 2.10 bits per heavy atom. The van der Waals surface area contributed by atoms with Gasteiger partial charge >= 0.3 is 5.97 Å². The van der Waals surface area contributed by atoms with Crippen LogP contribution < -0.4 is 10.1 Å². The lowest BCUT2D eigenvalue weighted by Crippen LogP contribution is -2.36. The number of ketones is 1. The van der Waals surface area contributed by atoms with Crippen LogP contribution in [0.15, 0.2) is 63.6 Å². The van der Waals surface area contributed by atoms with Crippen molar-refractivity contribution in [1.29, 1.82) is 0 Å².